The summed E-state index contributed by atoms with van der Waals surface area (Å²) < 4.78 is 25.3. The predicted molar refractivity (Wildman–Crippen MR) is 53.6 cm³/mol. The summed E-state index contributed by atoms with van der Waals surface area (Å²) in [5.74, 6) is -1.57. The number of carboxylic acid groups (broad SMARTS) is 1. The van der Waals surface area contributed by atoms with Gasteiger partial charge in [-0.05, 0) is 22.6 Å². The molecule has 0 aliphatic heterocycles. The molecule has 7 heteroatoms. The lowest BCUT2D eigenvalue weighted by molar-refractivity contribution is 0.0677. The zero-order chi connectivity index (χ0) is 11.6. The first-order valence-corrected chi connectivity index (χ1v) is 4.66. The molecular weight excluding hydrogens is 321 g/mol. The molecule has 0 bridgehead atoms. The van der Waals surface area contributed by atoms with Crippen molar-refractivity contribution in [2.24, 2.45) is 0 Å². The summed E-state index contributed by atoms with van der Waals surface area (Å²) in [6.45, 7) is 0. The van der Waals surface area contributed by atoms with Crippen LogP contribution in [-0.2, 0) is 0 Å². The number of aromatic carboxylic acids is 1. The molecule has 0 fully saturated rings. The van der Waals surface area contributed by atoms with E-state index in [1.165, 1.54) is 0 Å². The smallest absolute Gasteiger partial charge is 0.355 e. The van der Waals surface area contributed by atoms with Crippen molar-refractivity contribution in [2.45, 2.75) is 6.43 Å². The lowest BCUT2D eigenvalue weighted by Crippen LogP contribution is -2.09. The van der Waals surface area contributed by atoms with Crippen molar-refractivity contribution in [1.82, 2.24) is 4.98 Å². The first-order chi connectivity index (χ1) is 6.99. The zero-order valence-electron chi connectivity index (χ0n) is 7.04. The lowest BCUT2D eigenvalue weighted by Gasteiger charge is -2.07. The van der Waals surface area contributed by atoms with Gasteiger partial charge in [-0.25, -0.2) is 18.6 Å². The minimum Gasteiger partial charge on any atom is -0.476 e. The van der Waals surface area contributed by atoms with Gasteiger partial charge < -0.3 is 5.11 Å². The van der Waals surface area contributed by atoms with E-state index >= 15 is 0 Å². The van der Waals surface area contributed by atoms with E-state index in [4.69, 9.17) is 10.4 Å². The molecule has 0 spiro atoms. The highest BCUT2D eigenvalue weighted by molar-refractivity contribution is 14.1. The monoisotopic (exact) mass is 324 g/mol. The Hall–Kier alpha value is -1.30. The Morgan fingerprint density at radius 1 is 1.67 bits per heavy atom. The number of nitrogens with zero attached hydrogens (tertiary/aromatic N) is 2. The molecule has 15 heavy (non-hydrogen) atoms. The van der Waals surface area contributed by atoms with Crippen molar-refractivity contribution in [2.75, 3.05) is 0 Å². The van der Waals surface area contributed by atoms with Crippen LogP contribution in [0.5, 0.6) is 0 Å². The van der Waals surface area contributed by atoms with Crippen molar-refractivity contribution in [3.05, 3.63) is 26.6 Å². The van der Waals surface area contributed by atoms with Crippen LogP contribution >= 0.6 is 22.6 Å². The number of halogens is 3. The fourth-order valence-corrected chi connectivity index (χ4v) is 1.55. The second-order valence-corrected chi connectivity index (χ2v) is 3.62. The van der Waals surface area contributed by atoms with Crippen molar-refractivity contribution in [1.29, 1.82) is 5.26 Å². The number of alkyl halides is 2. The molecule has 0 atom stereocenters. The number of nitriles is 1. The van der Waals surface area contributed by atoms with Crippen molar-refractivity contribution >= 4 is 28.6 Å². The van der Waals surface area contributed by atoms with E-state index in [2.05, 4.69) is 4.98 Å². The van der Waals surface area contributed by atoms with Crippen LogP contribution in [0.3, 0.4) is 0 Å². The first kappa shape index (κ1) is 11.8. The Bertz CT molecular complexity index is 457. The summed E-state index contributed by atoms with van der Waals surface area (Å²) in [5, 5.41) is 17.3. The number of rotatable bonds is 2. The van der Waals surface area contributed by atoms with Crippen molar-refractivity contribution in [3.63, 3.8) is 0 Å². The molecule has 0 amide bonds. The van der Waals surface area contributed by atoms with E-state index in [-0.39, 0.29) is 9.13 Å². The van der Waals surface area contributed by atoms with E-state index < -0.39 is 23.7 Å². The molecule has 0 aromatic carbocycles. The van der Waals surface area contributed by atoms with E-state index in [1.807, 2.05) is 0 Å². The SMILES string of the molecule is N#Cc1c(I)cnc(C(=O)O)c1C(F)F. The highest BCUT2D eigenvalue weighted by Gasteiger charge is 2.25. The van der Waals surface area contributed by atoms with Gasteiger partial charge in [0, 0.05) is 9.77 Å². The molecular formula is C8H3F2IN2O2. The fraction of sp³-hybridized carbons (Fsp3) is 0.125. The maximum atomic E-state index is 12.6. The van der Waals surface area contributed by atoms with Crippen LogP contribution in [0.2, 0.25) is 0 Å². The van der Waals surface area contributed by atoms with Crippen LogP contribution in [0, 0.1) is 14.9 Å². The van der Waals surface area contributed by atoms with Gasteiger partial charge in [0.1, 0.15) is 6.07 Å². The summed E-state index contributed by atoms with van der Waals surface area (Å²) in [4.78, 5) is 14.0. The van der Waals surface area contributed by atoms with Gasteiger partial charge in [0.15, 0.2) is 5.69 Å². The number of pyridine rings is 1. The highest BCUT2D eigenvalue weighted by Crippen LogP contribution is 2.28. The average molecular weight is 324 g/mol. The maximum Gasteiger partial charge on any atom is 0.355 e. The topological polar surface area (TPSA) is 74.0 Å². The Morgan fingerprint density at radius 3 is 2.67 bits per heavy atom. The van der Waals surface area contributed by atoms with Gasteiger partial charge in [-0.15, -0.1) is 0 Å². The summed E-state index contributed by atoms with van der Waals surface area (Å²) in [7, 11) is 0. The van der Waals surface area contributed by atoms with E-state index in [0.717, 1.165) is 6.20 Å². The minimum atomic E-state index is -3.03. The molecule has 0 saturated carbocycles. The summed E-state index contributed by atoms with van der Waals surface area (Å²) in [6.07, 6.45) is -1.96. The van der Waals surface area contributed by atoms with Crippen molar-refractivity contribution < 1.29 is 18.7 Å². The summed E-state index contributed by atoms with van der Waals surface area (Å²) >= 11 is 1.65. The molecule has 0 radical (unpaired) electrons. The molecule has 0 aliphatic carbocycles. The fourth-order valence-electron chi connectivity index (χ4n) is 0.999. The van der Waals surface area contributed by atoms with Gasteiger partial charge >= 0.3 is 5.97 Å². The van der Waals surface area contributed by atoms with E-state index in [0.29, 0.717) is 0 Å². The van der Waals surface area contributed by atoms with Crippen LogP contribution in [0.1, 0.15) is 28.0 Å². The zero-order valence-corrected chi connectivity index (χ0v) is 9.20. The third-order valence-electron chi connectivity index (χ3n) is 1.60. The number of carboxylic acids is 1. The Balaban J connectivity index is 3.58. The third-order valence-corrected chi connectivity index (χ3v) is 2.42. The maximum absolute atomic E-state index is 12.6. The largest absolute Gasteiger partial charge is 0.476 e. The predicted octanol–water partition coefficient (Wildman–Crippen LogP) is 2.19. The Kier molecular flexibility index (Phi) is 3.52. The van der Waals surface area contributed by atoms with Crippen LogP contribution in [0.25, 0.3) is 0 Å². The average Bonchev–Trinajstić information content (AvgIpc) is 2.16. The lowest BCUT2D eigenvalue weighted by atomic mass is 10.1. The van der Waals surface area contributed by atoms with E-state index in [1.54, 1.807) is 28.7 Å². The van der Waals surface area contributed by atoms with Crippen LogP contribution in [-0.4, -0.2) is 16.1 Å². The Morgan fingerprint density at radius 2 is 2.27 bits per heavy atom. The normalized spacial score (nSPS) is 10.1. The van der Waals surface area contributed by atoms with Crippen molar-refractivity contribution in [3.8, 4) is 6.07 Å². The van der Waals surface area contributed by atoms with E-state index in [9.17, 15) is 13.6 Å². The molecule has 1 N–H and O–H groups in total. The molecule has 1 aromatic heterocycles. The molecule has 78 valence electrons. The van der Waals surface area contributed by atoms with Gasteiger partial charge in [-0.1, -0.05) is 0 Å². The van der Waals surface area contributed by atoms with Crippen LogP contribution < -0.4 is 0 Å². The standard InChI is InChI=1S/C8H3F2IN2O2/c9-7(10)5-3(1-12)4(11)2-13-6(5)8(14)15/h2,7H,(H,14,15). The molecule has 0 unspecified atom stereocenters. The highest BCUT2D eigenvalue weighted by atomic mass is 127. The number of hydrogen-bond donors (Lipinski definition) is 1. The number of carbonyl (C=O) groups is 1. The van der Waals surface area contributed by atoms with Gasteiger partial charge in [0.25, 0.3) is 6.43 Å². The van der Waals surface area contributed by atoms with Gasteiger partial charge in [-0.2, -0.15) is 5.26 Å². The first-order valence-electron chi connectivity index (χ1n) is 3.59. The van der Waals surface area contributed by atoms with Gasteiger partial charge in [0.2, 0.25) is 0 Å². The summed E-state index contributed by atoms with van der Waals surface area (Å²) in [5.41, 5.74) is -1.93. The molecule has 1 aromatic rings. The minimum absolute atomic E-state index is 0.204. The molecule has 0 aliphatic rings. The quantitative estimate of drug-likeness (QED) is 0.847. The third kappa shape index (κ3) is 2.20. The molecule has 4 nitrogen and oxygen atoms in total. The Labute approximate surface area is 96.7 Å². The van der Waals surface area contributed by atoms with Gasteiger partial charge in [0.05, 0.1) is 11.1 Å². The number of aromatic nitrogens is 1. The molecule has 1 rings (SSSR count). The molecule has 1 heterocycles. The van der Waals surface area contributed by atoms with Gasteiger partial charge in [-0.3, -0.25) is 0 Å². The molecule has 0 saturated heterocycles. The van der Waals surface area contributed by atoms with Crippen LogP contribution in [0.15, 0.2) is 6.20 Å². The number of hydrogen-bond acceptors (Lipinski definition) is 3. The second-order valence-electron chi connectivity index (χ2n) is 2.46. The summed E-state index contributed by atoms with van der Waals surface area (Å²) in [6, 6.07) is 1.55. The van der Waals surface area contributed by atoms with Crippen LogP contribution in [0.4, 0.5) is 8.78 Å². The second kappa shape index (κ2) is 4.48.